The summed E-state index contributed by atoms with van der Waals surface area (Å²) in [4.78, 5) is 21.3. The molecule has 3 heterocycles. The third kappa shape index (κ3) is 4.45. The van der Waals surface area contributed by atoms with Crippen molar-refractivity contribution >= 4 is 22.8 Å². The summed E-state index contributed by atoms with van der Waals surface area (Å²) < 4.78 is 55.7. The molecule has 3 aromatic heterocycles. The topological polar surface area (TPSA) is 90.4 Å². The van der Waals surface area contributed by atoms with Crippen LogP contribution in [0.15, 0.2) is 81.8 Å². The molecule has 0 aliphatic heterocycles. The molecule has 5 rings (SSSR count). The highest BCUT2D eigenvalue weighted by Crippen LogP contribution is 2.34. The molecule has 1 amide bonds. The molecule has 0 aliphatic carbocycles. The van der Waals surface area contributed by atoms with Crippen molar-refractivity contribution in [2.24, 2.45) is 0 Å². The predicted octanol–water partition coefficient (Wildman–Crippen LogP) is 6.43. The second kappa shape index (κ2) is 8.64. The van der Waals surface area contributed by atoms with E-state index < -0.39 is 17.6 Å². The number of pyridine rings is 1. The lowest BCUT2D eigenvalue weighted by Crippen LogP contribution is -2.11. The van der Waals surface area contributed by atoms with E-state index in [2.05, 4.69) is 15.3 Å². The lowest BCUT2D eigenvalue weighted by atomic mass is 10.1. The number of nitrogens with one attached hydrogen (secondary N) is 1. The first-order valence-corrected chi connectivity index (χ1v) is 10.3. The number of fused-ring (bicyclic) bond motifs is 1. The standard InChI is InChI=1S/C25H16F3N3O4/c1-33-19-8-7-15(24-31-22-20(35-24)6-3-11-29-22)13-17(19)30-23(32)21-10-9-18(34-21)14-4-2-5-16(12-14)25(26,27)28/h2-13H,1H3,(H,30,32). The van der Waals surface area contributed by atoms with Crippen LogP contribution in [0, 0.1) is 0 Å². The van der Waals surface area contributed by atoms with Crippen molar-refractivity contribution in [3.05, 3.63) is 84.3 Å². The number of carbonyl (C=O) groups is 1. The fourth-order valence-corrected chi connectivity index (χ4v) is 3.48. The number of benzene rings is 2. The Balaban J connectivity index is 1.41. The molecule has 0 atom stereocenters. The summed E-state index contributed by atoms with van der Waals surface area (Å²) in [5.74, 6) is 0.109. The van der Waals surface area contributed by atoms with Gasteiger partial charge in [-0.15, -0.1) is 0 Å². The van der Waals surface area contributed by atoms with Crippen molar-refractivity contribution < 1.29 is 31.5 Å². The van der Waals surface area contributed by atoms with Gasteiger partial charge in [-0.3, -0.25) is 4.79 Å². The second-order valence-electron chi connectivity index (χ2n) is 7.46. The number of hydrogen-bond acceptors (Lipinski definition) is 6. The van der Waals surface area contributed by atoms with Gasteiger partial charge in [-0.25, -0.2) is 4.98 Å². The van der Waals surface area contributed by atoms with Crippen molar-refractivity contribution in [2.45, 2.75) is 6.18 Å². The number of hydrogen-bond donors (Lipinski definition) is 1. The van der Waals surface area contributed by atoms with E-state index >= 15 is 0 Å². The van der Waals surface area contributed by atoms with E-state index in [9.17, 15) is 18.0 Å². The fraction of sp³-hybridized carbons (Fsp3) is 0.0800. The molecule has 7 nitrogen and oxygen atoms in total. The molecular formula is C25H16F3N3O4. The van der Waals surface area contributed by atoms with Crippen molar-refractivity contribution in [1.29, 1.82) is 0 Å². The number of nitrogens with zero attached hydrogens (tertiary/aromatic N) is 2. The lowest BCUT2D eigenvalue weighted by Gasteiger charge is -2.10. The summed E-state index contributed by atoms with van der Waals surface area (Å²) in [6.45, 7) is 0. The molecule has 0 unspecified atom stereocenters. The lowest BCUT2D eigenvalue weighted by molar-refractivity contribution is -0.137. The molecule has 0 radical (unpaired) electrons. The van der Waals surface area contributed by atoms with Crippen molar-refractivity contribution in [1.82, 2.24) is 9.97 Å². The summed E-state index contributed by atoms with van der Waals surface area (Å²) in [6, 6.07) is 15.9. The fourth-order valence-electron chi connectivity index (χ4n) is 3.48. The van der Waals surface area contributed by atoms with E-state index in [4.69, 9.17) is 13.6 Å². The van der Waals surface area contributed by atoms with Gasteiger partial charge in [0.05, 0.1) is 18.4 Å². The zero-order valence-corrected chi connectivity index (χ0v) is 18.1. The van der Waals surface area contributed by atoms with E-state index in [1.54, 1.807) is 36.5 Å². The summed E-state index contributed by atoms with van der Waals surface area (Å²) in [7, 11) is 1.45. The van der Waals surface area contributed by atoms with Gasteiger partial charge in [0.2, 0.25) is 5.89 Å². The average molecular weight is 479 g/mol. The van der Waals surface area contributed by atoms with Crippen LogP contribution in [-0.4, -0.2) is 23.0 Å². The van der Waals surface area contributed by atoms with E-state index in [1.807, 2.05) is 0 Å². The Morgan fingerprint density at radius 3 is 2.60 bits per heavy atom. The van der Waals surface area contributed by atoms with Gasteiger partial charge < -0.3 is 18.9 Å². The summed E-state index contributed by atoms with van der Waals surface area (Å²) >= 11 is 0. The Labute approximate surface area is 196 Å². The maximum absolute atomic E-state index is 13.0. The monoisotopic (exact) mass is 479 g/mol. The van der Waals surface area contributed by atoms with Crippen LogP contribution in [0.1, 0.15) is 16.1 Å². The van der Waals surface area contributed by atoms with Crippen molar-refractivity contribution in [3.8, 4) is 28.5 Å². The molecule has 10 heteroatoms. The number of methoxy groups -OCH3 is 1. The van der Waals surface area contributed by atoms with Gasteiger partial charge in [0.1, 0.15) is 11.5 Å². The zero-order valence-electron chi connectivity index (χ0n) is 18.1. The van der Waals surface area contributed by atoms with Gasteiger partial charge in [-0.1, -0.05) is 12.1 Å². The van der Waals surface area contributed by atoms with Crippen molar-refractivity contribution in [3.63, 3.8) is 0 Å². The quantitative estimate of drug-likeness (QED) is 0.312. The predicted molar refractivity (Wildman–Crippen MR) is 121 cm³/mol. The molecule has 0 aliphatic rings. The molecule has 0 fully saturated rings. The Hall–Kier alpha value is -4.60. The second-order valence-corrected chi connectivity index (χ2v) is 7.46. The molecule has 0 bridgehead atoms. The number of anilines is 1. The van der Waals surface area contributed by atoms with Crippen LogP contribution in [0.5, 0.6) is 5.75 Å². The SMILES string of the molecule is COc1ccc(-c2nc3ncccc3o2)cc1NC(=O)c1ccc(-c2cccc(C(F)(F)F)c2)o1. The molecule has 176 valence electrons. The Morgan fingerprint density at radius 2 is 1.83 bits per heavy atom. The van der Waals surface area contributed by atoms with Crippen LogP contribution in [0.2, 0.25) is 0 Å². The minimum absolute atomic E-state index is 0.0871. The van der Waals surface area contributed by atoms with E-state index in [1.165, 1.54) is 31.4 Å². The normalized spacial score (nSPS) is 11.5. The van der Waals surface area contributed by atoms with Gasteiger partial charge >= 0.3 is 6.18 Å². The number of ether oxygens (including phenoxy) is 1. The maximum Gasteiger partial charge on any atom is 0.416 e. The third-order valence-corrected chi connectivity index (χ3v) is 5.16. The Bertz CT molecular complexity index is 1510. The number of aromatic nitrogens is 2. The molecule has 0 spiro atoms. The van der Waals surface area contributed by atoms with Crippen LogP contribution >= 0.6 is 0 Å². The Morgan fingerprint density at radius 1 is 0.971 bits per heavy atom. The van der Waals surface area contributed by atoms with Crippen LogP contribution in [-0.2, 0) is 6.18 Å². The van der Waals surface area contributed by atoms with Gasteiger partial charge in [-0.05, 0) is 54.6 Å². The van der Waals surface area contributed by atoms with E-state index in [0.29, 0.717) is 34.1 Å². The number of halogens is 3. The number of carbonyl (C=O) groups excluding carboxylic acids is 1. The average Bonchev–Trinajstić information content (AvgIpc) is 3.51. The highest BCUT2D eigenvalue weighted by molar-refractivity contribution is 6.03. The minimum atomic E-state index is -4.49. The number of oxazole rings is 1. The molecule has 35 heavy (non-hydrogen) atoms. The maximum atomic E-state index is 13.0. The van der Waals surface area contributed by atoms with Crippen LogP contribution in [0.4, 0.5) is 18.9 Å². The van der Waals surface area contributed by atoms with Gasteiger partial charge in [0, 0.05) is 17.3 Å². The van der Waals surface area contributed by atoms with Gasteiger partial charge in [0.15, 0.2) is 17.0 Å². The van der Waals surface area contributed by atoms with E-state index in [-0.39, 0.29) is 17.1 Å². The largest absolute Gasteiger partial charge is 0.495 e. The molecule has 0 saturated carbocycles. The van der Waals surface area contributed by atoms with Crippen LogP contribution in [0.25, 0.3) is 34.0 Å². The smallest absolute Gasteiger partial charge is 0.416 e. The molecule has 1 N–H and O–H groups in total. The molecular weight excluding hydrogens is 463 g/mol. The summed E-state index contributed by atoms with van der Waals surface area (Å²) in [6.07, 6.45) is -2.89. The Kier molecular flexibility index (Phi) is 5.48. The number of rotatable bonds is 5. The van der Waals surface area contributed by atoms with Crippen LogP contribution in [0.3, 0.4) is 0 Å². The number of amides is 1. The first-order valence-electron chi connectivity index (χ1n) is 10.3. The van der Waals surface area contributed by atoms with Gasteiger partial charge in [0.25, 0.3) is 5.91 Å². The highest BCUT2D eigenvalue weighted by Gasteiger charge is 2.30. The van der Waals surface area contributed by atoms with E-state index in [0.717, 1.165) is 12.1 Å². The molecule has 5 aromatic rings. The molecule has 0 saturated heterocycles. The molecule has 2 aromatic carbocycles. The summed E-state index contributed by atoms with van der Waals surface area (Å²) in [5, 5.41) is 2.70. The minimum Gasteiger partial charge on any atom is -0.495 e. The van der Waals surface area contributed by atoms with Crippen molar-refractivity contribution in [2.75, 3.05) is 12.4 Å². The summed E-state index contributed by atoms with van der Waals surface area (Å²) in [5.41, 5.74) is 1.24. The zero-order chi connectivity index (χ0) is 24.6. The first-order chi connectivity index (χ1) is 16.8. The first kappa shape index (κ1) is 22.2. The van der Waals surface area contributed by atoms with Crippen LogP contribution < -0.4 is 10.1 Å². The highest BCUT2D eigenvalue weighted by atomic mass is 19.4. The number of alkyl halides is 3. The third-order valence-electron chi connectivity index (χ3n) is 5.16. The number of furan rings is 1. The van der Waals surface area contributed by atoms with Gasteiger partial charge in [-0.2, -0.15) is 18.2 Å².